The number of aromatic amines is 1. The second kappa shape index (κ2) is 7.17. The highest BCUT2D eigenvalue weighted by molar-refractivity contribution is 6.35. The first-order valence-electron chi connectivity index (χ1n) is 10.3. The van der Waals surface area contributed by atoms with Gasteiger partial charge in [0, 0.05) is 41.0 Å². The van der Waals surface area contributed by atoms with Crippen molar-refractivity contribution < 1.29 is 13.6 Å². The minimum absolute atomic E-state index is 0.0763. The summed E-state index contributed by atoms with van der Waals surface area (Å²) in [7, 11) is 0. The van der Waals surface area contributed by atoms with Gasteiger partial charge >= 0.3 is 0 Å². The van der Waals surface area contributed by atoms with Gasteiger partial charge in [-0.2, -0.15) is 5.10 Å². The lowest BCUT2D eigenvalue weighted by atomic mass is 9.96. The number of aliphatic imine (C=N–C) groups is 1. The van der Waals surface area contributed by atoms with E-state index < -0.39 is 23.8 Å². The van der Waals surface area contributed by atoms with Crippen LogP contribution in [0, 0.1) is 11.7 Å². The van der Waals surface area contributed by atoms with E-state index in [2.05, 4.69) is 30.5 Å². The van der Waals surface area contributed by atoms with Crippen molar-refractivity contribution in [3.8, 4) is 11.3 Å². The number of hydrogen-bond donors (Lipinski definition) is 2. The monoisotopic (exact) mass is 467 g/mol. The van der Waals surface area contributed by atoms with Gasteiger partial charge in [0.15, 0.2) is 17.3 Å². The third-order valence-electron chi connectivity index (χ3n) is 5.90. The first-order valence-corrected chi connectivity index (χ1v) is 10.6. The van der Waals surface area contributed by atoms with Crippen molar-refractivity contribution in [2.75, 3.05) is 5.32 Å². The number of fused-ring (bicyclic) bond motifs is 2. The Balaban J connectivity index is 1.43. The zero-order chi connectivity index (χ0) is 22.9. The number of nitrogens with one attached hydrogen (secondary N) is 2. The Morgan fingerprint density at radius 2 is 2.12 bits per heavy atom. The molecule has 1 saturated carbocycles. The van der Waals surface area contributed by atoms with Gasteiger partial charge in [0.05, 0.1) is 40.7 Å². The number of alkyl halides is 1. The molecular weight excluding hydrogens is 452 g/mol. The first kappa shape index (κ1) is 20.0. The smallest absolute Gasteiger partial charge is 0.231 e. The van der Waals surface area contributed by atoms with Crippen molar-refractivity contribution in [2.24, 2.45) is 10.9 Å². The Hall–Kier alpha value is -3.66. The van der Waals surface area contributed by atoms with E-state index in [0.717, 1.165) is 11.3 Å². The number of allylic oxidation sites excluding steroid dienone is 1. The summed E-state index contributed by atoms with van der Waals surface area (Å²) in [5, 5.41) is 10.1. The molecule has 33 heavy (non-hydrogen) atoms. The molecule has 2 atom stereocenters. The number of carbonyl (C=O) groups excluding carboxylic acids is 1. The number of halogens is 3. The first-order chi connectivity index (χ1) is 15.9. The van der Waals surface area contributed by atoms with Gasteiger partial charge in [-0.3, -0.25) is 19.9 Å². The minimum Gasteiger partial charge on any atom is -0.309 e. The summed E-state index contributed by atoms with van der Waals surface area (Å²) in [6.45, 7) is 1.88. The van der Waals surface area contributed by atoms with Crippen LogP contribution in [0.3, 0.4) is 0 Å². The van der Waals surface area contributed by atoms with Crippen molar-refractivity contribution in [3.05, 3.63) is 47.4 Å². The van der Waals surface area contributed by atoms with Crippen molar-refractivity contribution in [3.63, 3.8) is 0 Å². The van der Waals surface area contributed by atoms with E-state index in [1.54, 1.807) is 29.2 Å². The molecule has 11 heteroatoms. The van der Waals surface area contributed by atoms with Gasteiger partial charge in [0.2, 0.25) is 5.91 Å². The lowest BCUT2D eigenvalue weighted by Gasteiger charge is -2.13. The molecule has 1 aliphatic heterocycles. The SMILES string of the molecule is CC1=NC=C(c2c(F)c(Cl)c(-c3cn4cc(NC(=O)[C@@H]5C[C@@H]5F)nc4cn3)c3cn[nH]c23)C1. The zero-order valence-electron chi connectivity index (χ0n) is 17.2. The van der Waals surface area contributed by atoms with Crippen LogP contribution in [-0.4, -0.2) is 42.4 Å². The largest absolute Gasteiger partial charge is 0.309 e. The van der Waals surface area contributed by atoms with Crippen LogP contribution in [0.4, 0.5) is 14.6 Å². The number of anilines is 1. The predicted molar refractivity (Wildman–Crippen MR) is 120 cm³/mol. The Kier molecular flexibility index (Phi) is 4.34. The number of carbonyl (C=O) groups is 1. The van der Waals surface area contributed by atoms with E-state index in [1.165, 1.54) is 6.20 Å². The van der Waals surface area contributed by atoms with Gasteiger partial charge in [0.1, 0.15) is 6.17 Å². The fraction of sp³-hybridized carbons (Fsp3) is 0.227. The lowest BCUT2D eigenvalue weighted by Crippen LogP contribution is -2.15. The van der Waals surface area contributed by atoms with Crippen molar-refractivity contribution in [2.45, 2.75) is 25.9 Å². The molecule has 1 aromatic carbocycles. The van der Waals surface area contributed by atoms with E-state index in [1.807, 2.05) is 6.92 Å². The van der Waals surface area contributed by atoms with Crippen molar-refractivity contribution in [1.29, 1.82) is 0 Å². The van der Waals surface area contributed by atoms with E-state index in [0.29, 0.717) is 39.8 Å². The van der Waals surface area contributed by atoms with E-state index in [4.69, 9.17) is 11.6 Å². The summed E-state index contributed by atoms with van der Waals surface area (Å²) in [5.74, 6) is -1.32. The maximum absolute atomic E-state index is 15.5. The Morgan fingerprint density at radius 1 is 1.30 bits per heavy atom. The molecule has 0 saturated heterocycles. The second-order valence-electron chi connectivity index (χ2n) is 8.24. The Labute approximate surface area is 190 Å². The van der Waals surface area contributed by atoms with Gasteiger partial charge in [-0.25, -0.2) is 13.8 Å². The molecule has 1 fully saturated rings. The number of nitrogens with zero attached hydrogens (tertiary/aromatic N) is 5. The van der Waals surface area contributed by atoms with Gasteiger partial charge in [0.25, 0.3) is 0 Å². The molecular formula is C22H16ClF2N7O. The van der Waals surface area contributed by atoms with Crippen LogP contribution in [0.25, 0.3) is 33.4 Å². The molecule has 0 unspecified atom stereocenters. The minimum atomic E-state index is -1.09. The standard InChI is InChI=1S/C22H16ClF2N7O/c1-9-2-10(4-26-9)17-20(25)19(23)18(12-5-28-31-21(12)17)14-7-32-8-15(29-16(32)6-27-14)30-22(33)11-3-13(11)24/h4-8,11,13H,2-3H2,1H3,(H,28,31)(H,30,33)/t11-,13+/m1/s1. The third-order valence-corrected chi connectivity index (χ3v) is 6.25. The normalized spacial score (nSPS) is 19.8. The summed E-state index contributed by atoms with van der Waals surface area (Å²) >= 11 is 6.53. The fourth-order valence-corrected chi connectivity index (χ4v) is 4.41. The molecule has 166 valence electrons. The maximum Gasteiger partial charge on any atom is 0.231 e. The quantitative estimate of drug-likeness (QED) is 0.459. The molecule has 4 aromatic rings. The highest BCUT2D eigenvalue weighted by atomic mass is 35.5. The number of hydrogen-bond acceptors (Lipinski definition) is 5. The van der Waals surface area contributed by atoms with Crippen LogP contribution in [0.5, 0.6) is 0 Å². The molecule has 8 nitrogen and oxygen atoms in total. The van der Waals surface area contributed by atoms with E-state index in [9.17, 15) is 9.18 Å². The Bertz CT molecular complexity index is 1540. The summed E-state index contributed by atoms with van der Waals surface area (Å²) in [5.41, 5.74) is 3.71. The van der Waals surface area contributed by atoms with Gasteiger partial charge in [-0.1, -0.05) is 11.6 Å². The van der Waals surface area contributed by atoms with Gasteiger partial charge in [-0.15, -0.1) is 0 Å². The van der Waals surface area contributed by atoms with E-state index in [-0.39, 0.29) is 17.3 Å². The van der Waals surface area contributed by atoms with Crippen LogP contribution >= 0.6 is 11.6 Å². The summed E-state index contributed by atoms with van der Waals surface area (Å²) in [4.78, 5) is 25.0. The van der Waals surface area contributed by atoms with Crippen LogP contribution < -0.4 is 5.32 Å². The summed E-state index contributed by atoms with van der Waals surface area (Å²) in [6, 6.07) is 0. The topological polar surface area (TPSA) is 100 Å². The molecule has 2 N–H and O–H groups in total. The molecule has 4 heterocycles. The van der Waals surface area contributed by atoms with Crippen LogP contribution in [0.1, 0.15) is 25.3 Å². The van der Waals surface area contributed by atoms with Gasteiger partial charge < -0.3 is 9.72 Å². The molecule has 1 aliphatic carbocycles. The average molecular weight is 468 g/mol. The highest BCUT2D eigenvalue weighted by Crippen LogP contribution is 2.42. The summed E-state index contributed by atoms with van der Waals surface area (Å²) in [6.07, 6.45) is 7.60. The fourth-order valence-electron chi connectivity index (χ4n) is 4.12. The number of aromatic nitrogens is 5. The lowest BCUT2D eigenvalue weighted by molar-refractivity contribution is -0.117. The molecule has 3 aromatic heterocycles. The molecule has 0 bridgehead atoms. The van der Waals surface area contributed by atoms with Crippen LogP contribution in [-0.2, 0) is 4.79 Å². The zero-order valence-corrected chi connectivity index (χ0v) is 18.0. The van der Waals surface area contributed by atoms with Crippen LogP contribution in [0.2, 0.25) is 5.02 Å². The molecule has 1 amide bonds. The third kappa shape index (κ3) is 3.20. The predicted octanol–water partition coefficient (Wildman–Crippen LogP) is 4.57. The van der Waals surface area contributed by atoms with Gasteiger partial charge in [-0.05, 0) is 18.9 Å². The molecule has 6 rings (SSSR count). The molecule has 2 aliphatic rings. The van der Waals surface area contributed by atoms with Crippen LogP contribution in [0.15, 0.2) is 36.0 Å². The average Bonchev–Trinajstić information content (AvgIpc) is 3.16. The highest BCUT2D eigenvalue weighted by Gasteiger charge is 2.43. The number of H-pyrrole nitrogens is 1. The maximum atomic E-state index is 15.5. The van der Waals surface area contributed by atoms with Crippen molar-refractivity contribution >= 4 is 51.2 Å². The number of amides is 1. The summed E-state index contributed by atoms with van der Waals surface area (Å²) < 4.78 is 30.3. The second-order valence-corrected chi connectivity index (χ2v) is 8.62. The Morgan fingerprint density at radius 3 is 2.85 bits per heavy atom. The number of rotatable bonds is 4. The number of benzene rings is 1. The van der Waals surface area contributed by atoms with Crippen molar-refractivity contribution in [1.82, 2.24) is 24.6 Å². The molecule has 0 radical (unpaired) electrons. The van der Waals surface area contributed by atoms with E-state index >= 15 is 4.39 Å². The molecule has 0 spiro atoms. The number of imidazole rings is 1.